The van der Waals surface area contributed by atoms with Gasteiger partial charge in [-0.2, -0.15) is 5.10 Å². The van der Waals surface area contributed by atoms with Crippen molar-refractivity contribution in [1.29, 1.82) is 0 Å². The number of rotatable bonds is 8. The molecule has 172 valence electrons. The average Bonchev–Trinajstić information content (AvgIpc) is 3.08. The van der Waals surface area contributed by atoms with Gasteiger partial charge in [0, 0.05) is 22.6 Å². The van der Waals surface area contributed by atoms with Crippen molar-refractivity contribution in [3.8, 4) is 5.69 Å². The monoisotopic (exact) mass is 450 g/mol. The van der Waals surface area contributed by atoms with E-state index in [2.05, 4.69) is 15.8 Å². The average molecular weight is 451 g/mol. The van der Waals surface area contributed by atoms with Gasteiger partial charge in [0.15, 0.2) is 0 Å². The summed E-state index contributed by atoms with van der Waals surface area (Å²) in [7, 11) is 0. The standard InChI is InChI=1S/C25H27FN4O3/c1-4-33-25(32)28-23(19-8-6-5-7-9-19)15-24(31)29-27-16-20-14-17(2)30(18(20)3)22-12-10-21(26)11-13-22/h5-14,16,23H,4,15H2,1-3H3,(H,28,32)(H,29,31)/b27-16-/t23-/m1/s1. The molecule has 8 heteroatoms. The molecule has 0 spiro atoms. The molecule has 33 heavy (non-hydrogen) atoms. The molecule has 2 amide bonds. The lowest BCUT2D eigenvalue weighted by molar-refractivity contribution is -0.121. The van der Waals surface area contributed by atoms with Crippen molar-refractivity contribution < 1.29 is 18.7 Å². The van der Waals surface area contributed by atoms with E-state index >= 15 is 0 Å². The van der Waals surface area contributed by atoms with Crippen molar-refractivity contribution in [1.82, 2.24) is 15.3 Å². The molecule has 2 aromatic carbocycles. The summed E-state index contributed by atoms with van der Waals surface area (Å²) < 4.78 is 20.2. The lowest BCUT2D eigenvalue weighted by atomic mass is 10.0. The van der Waals surface area contributed by atoms with E-state index in [1.807, 2.05) is 54.8 Å². The molecule has 1 atom stereocenters. The normalized spacial score (nSPS) is 11.9. The minimum Gasteiger partial charge on any atom is -0.450 e. The van der Waals surface area contributed by atoms with Crippen LogP contribution in [-0.2, 0) is 9.53 Å². The number of ether oxygens (including phenoxy) is 1. The molecular weight excluding hydrogens is 423 g/mol. The van der Waals surface area contributed by atoms with E-state index in [1.54, 1.807) is 25.3 Å². The van der Waals surface area contributed by atoms with Gasteiger partial charge >= 0.3 is 6.09 Å². The third-order valence-corrected chi connectivity index (χ3v) is 5.11. The molecule has 1 aromatic heterocycles. The van der Waals surface area contributed by atoms with Crippen LogP contribution in [0.3, 0.4) is 0 Å². The van der Waals surface area contributed by atoms with Gasteiger partial charge in [-0.1, -0.05) is 30.3 Å². The lowest BCUT2D eigenvalue weighted by Crippen LogP contribution is -2.33. The van der Waals surface area contributed by atoms with Crippen LogP contribution < -0.4 is 10.7 Å². The highest BCUT2D eigenvalue weighted by atomic mass is 19.1. The predicted molar refractivity (Wildman–Crippen MR) is 125 cm³/mol. The third-order valence-electron chi connectivity index (χ3n) is 5.11. The Balaban J connectivity index is 1.68. The zero-order valence-corrected chi connectivity index (χ0v) is 18.8. The second kappa shape index (κ2) is 11.1. The number of hydrazone groups is 1. The van der Waals surface area contributed by atoms with Gasteiger partial charge in [-0.25, -0.2) is 14.6 Å². The minimum absolute atomic E-state index is 0.00519. The SMILES string of the molecule is CCOC(=O)N[C@H](CC(=O)N/N=C\c1cc(C)n(-c2ccc(F)cc2)c1C)c1ccccc1. The molecule has 2 N–H and O–H groups in total. The molecule has 0 saturated heterocycles. The highest BCUT2D eigenvalue weighted by Crippen LogP contribution is 2.20. The first-order valence-electron chi connectivity index (χ1n) is 10.6. The Morgan fingerprint density at radius 1 is 1.12 bits per heavy atom. The molecule has 3 rings (SSSR count). The van der Waals surface area contributed by atoms with Crippen LogP contribution >= 0.6 is 0 Å². The second-order valence-electron chi connectivity index (χ2n) is 7.46. The van der Waals surface area contributed by atoms with Gasteiger partial charge in [-0.3, -0.25) is 4.79 Å². The minimum atomic E-state index is -0.587. The maximum absolute atomic E-state index is 13.3. The van der Waals surface area contributed by atoms with Crippen molar-refractivity contribution in [2.45, 2.75) is 33.2 Å². The van der Waals surface area contributed by atoms with Gasteiger partial charge in [-0.05, 0) is 56.7 Å². The summed E-state index contributed by atoms with van der Waals surface area (Å²) in [5, 5.41) is 6.80. The van der Waals surface area contributed by atoms with E-state index in [-0.39, 0.29) is 24.8 Å². The first-order valence-corrected chi connectivity index (χ1v) is 10.6. The Bertz CT molecular complexity index is 1120. The Hall–Kier alpha value is -3.94. The maximum atomic E-state index is 13.3. The summed E-state index contributed by atoms with van der Waals surface area (Å²) in [6.45, 7) is 5.82. The highest BCUT2D eigenvalue weighted by Gasteiger charge is 2.19. The molecule has 0 radical (unpaired) electrons. The maximum Gasteiger partial charge on any atom is 0.407 e. The molecule has 0 aliphatic heterocycles. The number of hydrogen-bond acceptors (Lipinski definition) is 4. The van der Waals surface area contributed by atoms with Crippen LogP contribution in [0.25, 0.3) is 5.69 Å². The molecule has 0 fully saturated rings. The number of aromatic nitrogens is 1. The van der Waals surface area contributed by atoms with Crippen LogP contribution in [-0.4, -0.2) is 29.4 Å². The van der Waals surface area contributed by atoms with Gasteiger partial charge in [0.25, 0.3) is 0 Å². The number of alkyl carbamates (subject to hydrolysis) is 1. The van der Waals surface area contributed by atoms with E-state index in [0.29, 0.717) is 0 Å². The Morgan fingerprint density at radius 3 is 2.48 bits per heavy atom. The summed E-state index contributed by atoms with van der Waals surface area (Å²) in [6, 6.07) is 16.8. The zero-order valence-electron chi connectivity index (χ0n) is 18.8. The van der Waals surface area contributed by atoms with Crippen LogP contribution in [0.2, 0.25) is 0 Å². The van der Waals surface area contributed by atoms with E-state index in [9.17, 15) is 14.0 Å². The van der Waals surface area contributed by atoms with Crippen LogP contribution in [0.1, 0.15) is 41.9 Å². The van der Waals surface area contributed by atoms with Crippen LogP contribution in [0, 0.1) is 19.7 Å². The van der Waals surface area contributed by atoms with Gasteiger partial charge in [-0.15, -0.1) is 0 Å². The Morgan fingerprint density at radius 2 is 1.82 bits per heavy atom. The van der Waals surface area contributed by atoms with Crippen LogP contribution in [0.5, 0.6) is 0 Å². The number of hydrogen-bond donors (Lipinski definition) is 2. The topological polar surface area (TPSA) is 84.7 Å². The zero-order chi connectivity index (χ0) is 23.8. The quantitative estimate of drug-likeness (QED) is 0.390. The van der Waals surface area contributed by atoms with Gasteiger partial charge in [0.2, 0.25) is 5.91 Å². The van der Waals surface area contributed by atoms with Crippen molar-refractivity contribution in [2.75, 3.05) is 6.61 Å². The number of nitrogens with zero attached hydrogens (tertiary/aromatic N) is 2. The van der Waals surface area contributed by atoms with E-state index < -0.39 is 12.1 Å². The van der Waals surface area contributed by atoms with Crippen molar-refractivity contribution >= 4 is 18.2 Å². The number of amides is 2. The highest BCUT2D eigenvalue weighted by molar-refractivity contribution is 5.84. The van der Waals surface area contributed by atoms with Crippen molar-refractivity contribution in [3.05, 3.63) is 89.0 Å². The smallest absolute Gasteiger partial charge is 0.407 e. The fourth-order valence-electron chi connectivity index (χ4n) is 3.56. The summed E-state index contributed by atoms with van der Waals surface area (Å²) in [5.74, 6) is -0.652. The van der Waals surface area contributed by atoms with Gasteiger partial charge in [0.1, 0.15) is 5.82 Å². The number of benzene rings is 2. The second-order valence-corrected chi connectivity index (χ2v) is 7.46. The number of carbonyl (C=O) groups is 2. The largest absolute Gasteiger partial charge is 0.450 e. The van der Waals surface area contributed by atoms with E-state index in [1.165, 1.54) is 12.1 Å². The molecular formula is C25H27FN4O3. The van der Waals surface area contributed by atoms with Gasteiger partial charge < -0.3 is 14.6 Å². The molecule has 7 nitrogen and oxygen atoms in total. The summed E-state index contributed by atoms with van der Waals surface area (Å²) in [4.78, 5) is 24.4. The molecule has 1 heterocycles. The lowest BCUT2D eigenvalue weighted by Gasteiger charge is -2.18. The fraction of sp³-hybridized carbons (Fsp3) is 0.240. The van der Waals surface area contributed by atoms with Crippen LogP contribution in [0.4, 0.5) is 9.18 Å². The molecule has 3 aromatic rings. The number of halogens is 1. The number of aryl methyl sites for hydroxylation is 1. The molecule has 0 unspecified atom stereocenters. The van der Waals surface area contributed by atoms with Crippen molar-refractivity contribution in [3.63, 3.8) is 0 Å². The summed E-state index contributed by atoms with van der Waals surface area (Å²) in [5.41, 5.74) is 6.82. The Kier molecular flexibility index (Phi) is 7.96. The first-order chi connectivity index (χ1) is 15.9. The third kappa shape index (κ3) is 6.29. The fourth-order valence-corrected chi connectivity index (χ4v) is 3.56. The summed E-state index contributed by atoms with van der Waals surface area (Å²) in [6.07, 6.45) is 0.974. The Labute approximate surface area is 192 Å². The molecule has 0 saturated carbocycles. The van der Waals surface area contributed by atoms with Gasteiger partial charge in [0.05, 0.1) is 25.3 Å². The van der Waals surface area contributed by atoms with Crippen LogP contribution in [0.15, 0.2) is 65.8 Å². The number of carbonyl (C=O) groups excluding carboxylic acids is 2. The molecule has 0 bridgehead atoms. The summed E-state index contributed by atoms with van der Waals surface area (Å²) >= 11 is 0. The van der Waals surface area contributed by atoms with Crippen molar-refractivity contribution in [2.24, 2.45) is 5.10 Å². The van der Waals surface area contributed by atoms with E-state index in [4.69, 9.17) is 4.74 Å². The predicted octanol–water partition coefficient (Wildman–Crippen LogP) is 4.56. The number of nitrogens with one attached hydrogen (secondary N) is 2. The van der Waals surface area contributed by atoms with E-state index in [0.717, 1.165) is 28.2 Å². The molecule has 0 aliphatic carbocycles. The molecule has 0 aliphatic rings. The first kappa shape index (κ1) is 23.7.